The van der Waals surface area contributed by atoms with Gasteiger partial charge in [0.25, 0.3) is 11.8 Å². The number of benzene rings is 2. The first-order valence-electron chi connectivity index (χ1n) is 6.96. The van der Waals surface area contributed by atoms with Gasteiger partial charge in [-0.15, -0.1) is 0 Å². The van der Waals surface area contributed by atoms with E-state index < -0.39 is 17.7 Å². The molecule has 1 aliphatic heterocycles. The standard InChI is InChI=1S/C16H13ClN2O4/c1-9(21)18(6-7-20)19-15(22)12-8-13(17)10-4-2-3-5-11(10)14(12)16(19)23/h2-5,8,20H,6-7H2,1H3. The lowest BCUT2D eigenvalue weighted by atomic mass is 10.0. The number of aliphatic hydroxyl groups excluding tert-OH is 1. The van der Waals surface area contributed by atoms with E-state index in [4.69, 9.17) is 16.7 Å². The first-order valence-corrected chi connectivity index (χ1v) is 7.34. The summed E-state index contributed by atoms with van der Waals surface area (Å²) in [5.74, 6) is -1.73. The monoisotopic (exact) mass is 332 g/mol. The Morgan fingerprint density at radius 3 is 2.48 bits per heavy atom. The maximum atomic E-state index is 12.7. The molecule has 118 valence electrons. The minimum atomic E-state index is -0.624. The summed E-state index contributed by atoms with van der Waals surface area (Å²) < 4.78 is 0. The Labute approximate surface area is 136 Å². The number of carbonyl (C=O) groups excluding carboxylic acids is 3. The first-order chi connectivity index (χ1) is 11.0. The molecule has 23 heavy (non-hydrogen) atoms. The molecule has 0 bridgehead atoms. The van der Waals surface area contributed by atoms with Gasteiger partial charge in [0.05, 0.1) is 24.3 Å². The lowest BCUT2D eigenvalue weighted by Gasteiger charge is -2.28. The molecular weight excluding hydrogens is 320 g/mol. The molecule has 0 aromatic heterocycles. The lowest BCUT2D eigenvalue weighted by Crippen LogP contribution is -2.50. The molecule has 0 radical (unpaired) electrons. The highest BCUT2D eigenvalue weighted by Crippen LogP contribution is 2.35. The van der Waals surface area contributed by atoms with E-state index in [0.717, 1.165) is 10.0 Å². The van der Waals surface area contributed by atoms with Gasteiger partial charge >= 0.3 is 0 Å². The number of carbonyl (C=O) groups is 3. The van der Waals surface area contributed by atoms with Gasteiger partial charge in [0.15, 0.2) is 0 Å². The number of halogens is 1. The molecule has 1 N–H and O–H groups in total. The van der Waals surface area contributed by atoms with Gasteiger partial charge in [0, 0.05) is 17.3 Å². The lowest BCUT2D eigenvalue weighted by molar-refractivity contribution is -0.139. The molecule has 2 aromatic rings. The molecule has 3 rings (SSSR count). The molecule has 0 spiro atoms. The van der Waals surface area contributed by atoms with Crippen LogP contribution in [-0.2, 0) is 4.79 Å². The fourth-order valence-electron chi connectivity index (χ4n) is 2.75. The number of aliphatic hydroxyl groups is 1. The number of hydrogen-bond donors (Lipinski definition) is 1. The van der Waals surface area contributed by atoms with Crippen molar-refractivity contribution in [1.82, 2.24) is 10.0 Å². The van der Waals surface area contributed by atoms with Crippen molar-refractivity contribution < 1.29 is 19.5 Å². The van der Waals surface area contributed by atoms with Crippen molar-refractivity contribution in [2.75, 3.05) is 13.2 Å². The number of hydrogen-bond acceptors (Lipinski definition) is 4. The van der Waals surface area contributed by atoms with Gasteiger partial charge in [-0.25, -0.2) is 5.01 Å². The maximum absolute atomic E-state index is 12.7. The molecule has 2 aromatic carbocycles. The van der Waals surface area contributed by atoms with Crippen LogP contribution in [-0.4, -0.2) is 46.0 Å². The molecule has 0 saturated heterocycles. The first kappa shape index (κ1) is 15.5. The van der Waals surface area contributed by atoms with Gasteiger partial charge in [-0.2, -0.15) is 5.01 Å². The number of rotatable bonds is 3. The van der Waals surface area contributed by atoms with Crippen molar-refractivity contribution in [2.24, 2.45) is 0 Å². The van der Waals surface area contributed by atoms with Gasteiger partial charge in [0.1, 0.15) is 0 Å². The Morgan fingerprint density at radius 2 is 1.87 bits per heavy atom. The number of hydrazine groups is 1. The van der Waals surface area contributed by atoms with E-state index in [1.54, 1.807) is 24.3 Å². The Balaban J connectivity index is 2.21. The van der Waals surface area contributed by atoms with Crippen LogP contribution in [0.2, 0.25) is 5.02 Å². The second-order valence-electron chi connectivity index (χ2n) is 5.11. The third-order valence-electron chi connectivity index (χ3n) is 3.74. The minimum absolute atomic E-state index is 0.146. The summed E-state index contributed by atoms with van der Waals surface area (Å²) in [6.45, 7) is 0.714. The zero-order chi connectivity index (χ0) is 16.7. The minimum Gasteiger partial charge on any atom is -0.394 e. The molecule has 1 heterocycles. The van der Waals surface area contributed by atoms with E-state index in [0.29, 0.717) is 15.8 Å². The molecule has 0 fully saturated rings. The summed E-state index contributed by atoms with van der Waals surface area (Å²) >= 11 is 6.20. The molecule has 0 aliphatic carbocycles. The summed E-state index contributed by atoms with van der Waals surface area (Å²) in [5.41, 5.74) is 0.377. The average Bonchev–Trinajstić information content (AvgIpc) is 2.77. The van der Waals surface area contributed by atoms with Crippen LogP contribution in [0.25, 0.3) is 10.8 Å². The number of imide groups is 1. The fourth-order valence-corrected chi connectivity index (χ4v) is 3.03. The summed E-state index contributed by atoms with van der Waals surface area (Å²) in [6, 6.07) is 8.44. The van der Waals surface area contributed by atoms with E-state index in [1.165, 1.54) is 13.0 Å². The van der Waals surface area contributed by atoms with Crippen molar-refractivity contribution in [1.29, 1.82) is 0 Å². The smallest absolute Gasteiger partial charge is 0.281 e. The largest absolute Gasteiger partial charge is 0.394 e. The summed E-state index contributed by atoms with van der Waals surface area (Å²) in [6.07, 6.45) is 0. The van der Waals surface area contributed by atoms with Gasteiger partial charge in [0.2, 0.25) is 5.91 Å². The van der Waals surface area contributed by atoms with Crippen LogP contribution in [0.3, 0.4) is 0 Å². The normalized spacial score (nSPS) is 13.6. The quantitative estimate of drug-likeness (QED) is 0.870. The van der Waals surface area contributed by atoms with Crippen LogP contribution in [0.5, 0.6) is 0 Å². The number of fused-ring (bicyclic) bond motifs is 3. The molecule has 0 saturated carbocycles. The van der Waals surface area contributed by atoms with Gasteiger partial charge in [-0.3, -0.25) is 14.4 Å². The molecule has 0 unspecified atom stereocenters. The van der Waals surface area contributed by atoms with E-state index >= 15 is 0 Å². The highest BCUT2D eigenvalue weighted by Gasteiger charge is 2.42. The zero-order valence-corrected chi connectivity index (χ0v) is 13.0. The van der Waals surface area contributed by atoms with Crippen LogP contribution < -0.4 is 0 Å². The van der Waals surface area contributed by atoms with Crippen LogP contribution in [0.4, 0.5) is 0 Å². The Hall–Kier alpha value is -2.44. The van der Waals surface area contributed by atoms with Crippen LogP contribution in [0.15, 0.2) is 30.3 Å². The topological polar surface area (TPSA) is 77.9 Å². The van der Waals surface area contributed by atoms with Crippen molar-refractivity contribution in [3.8, 4) is 0 Å². The van der Waals surface area contributed by atoms with Crippen molar-refractivity contribution in [3.05, 3.63) is 46.5 Å². The molecule has 3 amide bonds. The third-order valence-corrected chi connectivity index (χ3v) is 4.05. The Kier molecular flexibility index (Phi) is 3.79. The fraction of sp³-hybridized carbons (Fsp3) is 0.188. The number of amides is 3. The summed E-state index contributed by atoms with van der Waals surface area (Å²) in [7, 11) is 0. The van der Waals surface area contributed by atoms with Gasteiger partial charge < -0.3 is 5.11 Å². The van der Waals surface area contributed by atoms with Crippen molar-refractivity contribution in [2.45, 2.75) is 6.92 Å². The average molecular weight is 333 g/mol. The summed E-state index contributed by atoms with van der Waals surface area (Å²) in [5, 5.41) is 12.4. The third kappa shape index (κ3) is 2.27. The van der Waals surface area contributed by atoms with Crippen LogP contribution >= 0.6 is 11.6 Å². The Bertz CT molecular complexity index is 849. The van der Waals surface area contributed by atoms with Gasteiger partial charge in [-0.1, -0.05) is 35.9 Å². The molecule has 6 nitrogen and oxygen atoms in total. The van der Waals surface area contributed by atoms with Crippen molar-refractivity contribution in [3.63, 3.8) is 0 Å². The van der Waals surface area contributed by atoms with Crippen molar-refractivity contribution >= 4 is 40.1 Å². The molecule has 7 heteroatoms. The number of nitrogens with zero attached hydrogens (tertiary/aromatic N) is 2. The van der Waals surface area contributed by atoms with Crippen LogP contribution in [0, 0.1) is 0 Å². The zero-order valence-electron chi connectivity index (χ0n) is 12.2. The maximum Gasteiger partial charge on any atom is 0.281 e. The Morgan fingerprint density at radius 1 is 1.22 bits per heavy atom. The molecule has 1 aliphatic rings. The summed E-state index contributed by atoms with van der Waals surface area (Å²) in [4.78, 5) is 37.1. The highest BCUT2D eigenvalue weighted by atomic mass is 35.5. The van der Waals surface area contributed by atoms with Gasteiger partial charge in [-0.05, 0) is 11.5 Å². The van der Waals surface area contributed by atoms with E-state index in [1.807, 2.05) is 0 Å². The van der Waals surface area contributed by atoms with E-state index in [9.17, 15) is 14.4 Å². The second kappa shape index (κ2) is 5.64. The second-order valence-corrected chi connectivity index (χ2v) is 5.52. The van der Waals surface area contributed by atoms with Crippen LogP contribution in [0.1, 0.15) is 27.6 Å². The molecule has 0 atom stereocenters. The SMILES string of the molecule is CC(=O)N(CCO)N1C(=O)c2cc(Cl)c3ccccc3c2C1=O. The van der Waals surface area contributed by atoms with E-state index in [2.05, 4.69) is 0 Å². The van der Waals surface area contributed by atoms with E-state index in [-0.39, 0.29) is 24.3 Å². The molecular formula is C16H13ClN2O4. The predicted octanol–water partition coefficient (Wildman–Crippen LogP) is 1.84. The highest BCUT2D eigenvalue weighted by molar-refractivity contribution is 6.38. The predicted molar refractivity (Wildman–Crippen MR) is 83.9 cm³/mol.